The van der Waals surface area contributed by atoms with Gasteiger partial charge < -0.3 is 23.8 Å². The maximum Gasteiger partial charge on any atom is 0.253 e. The third kappa shape index (κ3) is 3.97. The molecule has 0 radical (unpaired) electrons. The van der Waals surface area contributed by atoms with Crippen LogP contribution in [0.2, 0.25) is 0 Å². The van der Waals surface area contributed by atoms with Crippen molar-refractivity contribution in [1.82, 2.24) is 19.4 Å². The van der Waals surface area contributed by atoms with Gasteiger partial charge in [-0.25, -0.2) is 4.98 Å². The summed E-state index contributed by atoms with van der Waals surface area (Å²) in [5.74, 6) is 1.01. The summed E-state index contributed by atoms with van der Waals surface area (Å²) >= 11 is 0. The van der Waals surface area contributed by atoms with Crippen LogP contribution in [0.4, 0.5) is 0 Å². The molecular weight excluding hydrogens is 396 g/mol. The molecule has 0 aliphatic carbocycles. The van der Waals surface area contributed by atoms with E-state index in [4.69, 9.17) is 9.47 Å². The van der Waals surface area contributed by atoms with E-state index in [1.165, 1.54) is 0 Å². The molecule has 31 heavy (non-hydrogen) atoms. The third-order valence-corrected chi connectivity index (χ3v) is 6.57. The zero-order chi connectivity index (χ0) is 21.3. The SMILES string of the molecule is O=C(Cc1ccccc1)N1CCC2(CC1)O[C@H](C(=O)N1CCOCC1)Cn1ccnc12. The number of rotatable bonds is 3. The van der Waals surface area contributed by atoms with Gasteiger partial charge in [0, 0.05) is 51.4 Å². The van der Waals surface area contributed by atoms with E-state index < -0.39 is 11.7 Å². The lowest BCUT2D eigenvalue weighted by Crippen LogP contribution is -2.56. The summed E-state index contributed by atoms with van der Waals surface area (Å²) in [7, 11) is 0. The van der Waals surface area contributed by atoms with Gasteiger partial charge in [0.1, 0.15) is 11.4 Å². The van der Waals surface area contributed by atoms with Crippen molar-refractivity contribution in [2.75, 3.05) is 39.4 Å². The molecule has 0 saturated carbocycles. The minimum absolute atomic E-state index is 0.0182. The van der Waals surface area contributed by atoms with Gasteiger partial charge in [-0.05, 0) is 5.56 Å². The number of hydrogen-bond donors (Lipinski definition) is 0. The highest BCUT2D eigenvalue weighted by Crippen LogP contribution is 2.40. The minimum atomic E-state index is -0.627. The Balaban J connectivity index is 1.29. The van der Waals surface area contributed by atoms with Crippen LogP contribution in [0.1, 0.15) is 24.2 Å². The second-order valence-corrected chi connectivity index (χ2v) is 8.48. The highest BCUT2D eigenvalue weighted by atomic mass is 16.5. The lowest BCUT2D eigenvalue weighted by atomic mass is 9.88. The van der Waals surface area contributed by atoms with Gasteiger partial charge in [-0.3, -0.25) is 9.59 Å². The zero-order valence-corrected chi connectivity index (χ0v) is 17.6. The fourth-order valence-corrected chi connectivity index (χ4v) is 4.85. The van der Waals surface area contributed by atoms with Gasteiger partial charge in [-0.15, -0.1) is 0 Å². The Bertz CT molecular complexity index is 930. The molecule has 1 aromatic heterocycles. The molecule has 164 valence electrons. The quantitative estimate of drug-likeness (QED) is 0.740. The number of piperidine rings is 1. The van der Waals surface area contributed by atoms with Crippen LogP contribution in [-0.4, -0.2) is 76.7 Å². The summed E-state index contributed by atoms with van der Waals surface area (Å²) in [6, 6.07) is 9.82. The van der Waals surface area contributed by atoms with E-state index in [0.717, 1.165) is 11.4 Å². The van der Waals surface area contributed by atoms with Crippen LogP contribution >= 0.6 is 0 Å². The predicted octanol–water partition coefficient (Wildman–Crippen LogP) is 1.20. The highest BCUT2D eigenvalue weighted by molar-refractivity contribution is 5.81. The largest absolute Gasteiger partial charge is 0.378 e. The van der Waals surface area contributed by atoms with Gasteiger partial charge in [0.2, 0.25) is 5.91 Å². The van der Waals surface area contributed by atoms with Crippen molar-refractivity contribution in [2.45, 2.75) is 37.5 Å². The Hall–Kier alpha value is -2.71. The van der Waals surface area contributed by atoms with Crippen LogP contribution < -0.4 is 0 Å². The number of imidazole rings is 1. The lowest BCUT2D eigenvalue weighted by Gasteiger charge is -2.46. The van der Waals surface area contributed by atoms with Crippen molar-refractivity contribution in [2.24, 2.45) is 0 Å². The van der Waals surface area contributed by atoms with Crippen molar-refractivity contribution in [1.29, 1.82) is 0 Å². The number of hydrogen-bond acceptors (Lipinski definition) is 5. The molecule has 3 aliphatic rings. The summed E-state index contributed by atoms with van der Waals surface area (Å²) in [6.45, 7) is 4.00. The zero-order valence-electron chi connectivity index (χ0n) is 17.6. The fraction of sp³-hybridized carbons (Fsp3) is 0.522. The van der Waals surface area contributed by atoms with Gasteiger partial charge in [-0.1, -0.05) is 30.3 Å². The van der Waals surface area contributed by atoms with Crippen LogP contribution in [0.15, 0.2) is 42.7 Å². The predicted molar refractivity (Wildman–Crippen MR) is 112 cm³/mol. The first-order valence-electron chi connectivity index (χ1n) is 11.0. The summed E-state index contributed by atoms with van der Waals surface area (Å²) < 4.78 is 13.9. The topological polar surface area (TPSA) is 76.9 Å². The number of morpholine rings is 1. The Morgan fingerprint density at radius 1 is 1.03 bits per heavy atom. The summed E-state index contributed by atoms with van der Waals surface area (Å²) in [5, 5.41) is 0. The van der Waals surface area contributed by atoms with Gasteiger partial charge in [-0.2, -0.15) is 0 Å². The van der Waals surface area contributed by atoms with Crippen LogP contribution in [0, 0.1) is 0 Å². The second-order valence-electron chi connectivity index (χ2n) is 8.48. The molecule has 8 nitrogen and oxygen atoms in total. The van der Waals surface area contributed by atoms with Crippen molar-refractivity contribution in [3.05, 3.63) is 54.1 Å². The molecule has 0 N–H and O–H groups in total. The molecule has 2 amide bonds. The highest BCUT2D eigenvalue weighted by Gasteiger charge is 2.48. The van der Waals surface area contributed by atoms with Crippen molar-refractivity contribution >= 4 is 11.8 Å². The second kappa shape index (κ2) is 8.43. The van der Waals surface area contributed by atoms with Gasteiger partial charge in [0.05, 0.1) is 26.2 Å². The van der Waals surface area contributed by atoms with Gasteiger partial charge >= 0.3 is 0 Å². The number of ether oxygens (including phenoxy) is 2. The normalized spacial score (nSPS) is 22.9. The number of likely N-dealkylation sites (tertiary alicyclic amines) is 1. The molecule has 0 bridgehead atoms. The molecule has 2 fully saturated rings. The molecule has 1 aromatic carbocycles. The standard InChI is InChI=1S/C23H28N4O4/c28-20(16-18-4-2-1-3-5-18)25-9-6-23(7-10-25)22-24-8-11-27(22)17-19(31-23)21(29)26-12-14-30-15-13-26/h1-5,8,11,19H,6-7,9-10,12-17H2/t19-/m0/s1. The van der Waals surface area contributed by atoms with Gasteiger partial charge in [0.15, 0.2) is 6.10 Å². The smallest absolute Gasteiger partial charge is 0.253 e. The molecule has 8 heteroatoms. The molecule has 4 heterocycles. The third-order valence-electron chi connectivity index (χ3n) is 6.57. The van der Waals surface area contributed by atoms with Crippen LogP contribution in [0.5, 0.6) is 0 Å². The maximum atomic E-state index is 13.1. The Morgan fingerprint density at radius 2 is 1.77 bits per heavy atom. The Morgan fingerprint density at radius 3 is 2.52 bits per heavy atom. The Labute approximate surface area is 181 Å². The number of aromatic nitrogens is 2. The van der Waals surface area contributed by atoms with E-state index in [2.05, 4.69) is 4.98 Å². The molecule has 5 rings (SSSR count). The summed E-state index contributed by atoms with van der Waals surface area (Å²) in [4.78, 5) is 34.2. The summed E-state index contributed by atoms with van der Waals surface area (Å²) in [5.41, 5.74) is 0.395. The molecule has 0 unspecified atom stereocenters. The van der Waals surface area contributed by atoms with Crippen LogP contribution in [0.25, 0.3) is 0 Å². The van der Waals surface area contributed by atoms with E-state index in [-0.39, 0.29) is 11.8 Å². The molecule has 3 aliphatic heterocycles. The van der Waals surface area contributed by atoms with Gasteiger partial charge in [0.25, 0.3) is 5.91 Å². The monoisotopic (exact) mass is 424 g/mol. The molecule has 2 aromatic rings. The maximum absolute atomic E-state index is 13.1. The first-order chi connectivity index (χ1) is 15.1. The van der Waals surface area contributed by atoms with Crippen molar-refractivity contribution in [3.8, 4) is 0 Å². The first-order valence-corrected chi connectivity index (χ1v) is 11.0. The molecular formula is C23H28N4O4. The minimum Gasteiger partial charge on any atom is -0.378 e. The number of benzene rings is 1. The average Bonchev–Trinajstić information content (AvgIpc) is 3.30. The number of amides is 2. The molecule has 1 spiro atoms. The number of nitrogens with zero attached hydrogens (tertiary/aromatic N) is 4. The Kier molecular flexibility index (Phi) is 5.50. The number of carbonyl (C=O) groups excluding carboxylic acids is 2. The first kappa shape index (κ1) is 20.2. The van der Waals surface area contributed by atoms with E-state index in [0.29, 0.717) is 65.2 Å². The summed E-state index contributed by atoms with van der Waals surface area (Å²) in [6.07, 6.45) is 4.84. The average molecular weight is 425 g/mol. The number of fused-ring (bicyclic) bond motifs is 2. The number of carbonyl (C=O) groups is 2. The molecule has 1 atom stereocenters. The van der Waals surface area contributed by atoms with Crippen molar-refractivity contribution in [3.63, 3.8) is 0 Å². The molecule has 2 saturated heterocycles. The van der Waals surface area contributed by atoms with E-state index in [1.807, 2.05) is 50.9 Å². The van der Waals surface area contributed by atoms with E-state index in [9.17, 15) is 9.59 Å². The van der Waals surface area contributed by atoms with E-state index >= 15 is 0 Å². The fourth-order valence-electron chi connectivity index (χ4n) is 4.85. The lowest BCUT2D eigenvalue weighted by molar-refractivity contribution is -0.184. The van der Waals surface area contributed by atoms with Crippen molar-refractivity contribution < 1.29 is 19.1 Å². The van der Waals surface area contributed by atoms with E-state index in [1.54, 1.807) is 6.20 Å². The van der Waals surface area contributed by atoms with Crippen LogP contribution in [-0.2, 0) is 37.6 Å². The van der Waals surface area contributed by atoms with Crippen LogP contribution in [0.3, 0.4) is 0 Å².